The van der Waals surface area contributed by atoms with Crippen molar-refractivity contribution in [2.24, 2.45) is 5.73 Å². The summed E-state index contributed by atoms with van der Waals surface area (Å²) in [6.07, 6.45) is 0.126. The molecule has 0 aliphatic rings. The van der Waals surface area contributed by atoms with Crippen molar-refractivity contribution >= 4 is 13.6 Å². The second kappa shape index (κ2) is 8.60. The molecule has 0 saturated carbocycles. The molecule has 102 valence electrons. The topological polar surface area (TPSA) is 97.1 Å². The highest BCUT2D eigenvalue weighted by Gasteiger charge is 2.27. The van der Waals surface area contributed by atoms with E-state index in [1.165, 1.54) is 7.11 Å². The zero-order valence-electron chi connectivity index (χ0n) is 10.4. The Hall–Kier alpha value is -0.460. The van der Waals surface area contributed by atoms with Crippen molar-refractivity contribution in [2.75, 3.05) is 26.5 Å². The Kier molecular flexibility index (Phi) is 8.37. The van der Waals surface area contributed by atoms with Crippen molar-refractivity contribution in [3.63, 3.8) is 0 Å². The standard InChI is InChI=1S/C9H20NO6P/c1-4-14-9(11)8(10)6-7-17(12,13-3)16-15-5-2/h8H,4-7,10H2,1-3H3/t8-,17?/m0/s1. The number of carbonyl (C=O) groups is 1. The van der Waals surface area contributed by atoms with Gasteiger partial charge >= 0.3 is 13.6 Å². The van der Waals surface area contributed by atoms with Gasteiger partial charge in [0.1, 0.15) is 6.04 Å². The molecule has 2 N–H and O–H groups in total. The van der Waals surface area contributed by atoms with E-state index in [1.807, 2.05) is 0 Å². The largest absolute Gasteiger partial charge is 0.465 e. The van der Waals surface area contributed by atoms with E-state index in [9.17, 15) is 9.36 Å². The van der Waals surface area contributed by atoms with Crippen molar-refractivity contribution < 1.29 is 28.2 Å². The van der Waals surface area contributed by atoms with Crippen LogP contribution in [0.5, 0.6) is 0 Å². The molecule has 0 rings (SSSR count). The van der Waals surface area contributed by atoms with E-state index in [0.717, 1.165) is 0 Å². The minimum Gasteiger partial charge on any atom is -0.465 e. The molecule has 0 aliphatic carbocycles. The summed E-state index contributed by atoms with van der Waals surface area (Å²) in [5, 5.41) is 0. The lowest BCUT2D eigenvalue weighted by molar-refractivity contribution is -0.209. The van der Waals surface area contributed by atoms with Crippen molar-refractivity contribution in [2.45, 2.75) is 26.3 Å². The van der Waals surface area contributed by atoms with Gasteiger partial charge in [0, 0.05) is 7.11 Å². The maximum atomic E-state index is 11.8. The molecular formula is C9H20NO6P. The lowest BCUT2D eigenvalue weighted by atomic mass is 10.2. The van der Waals surface area contributed by atoms with Gasteiger partial charge in [0.25, 0.3) is 0 Å². The summed E-state index contributed by atoms with van der Waals surface area (Å²) in [6.45, 7) is 3.87. The maximum absolute atomic E-state index is 11.8. The molecule has 2 atom stereocenters. The monoisotopic (exact) mass is 269 g/mol. The van der Waals surface area contributed by atoms with Gasteiger partial charge in [-0.15, -0.1) is 4.67 Å². The molecule has 17 heavy (non-hydrogen) atoms. The molecule has 7 nitrogen and oxygen atoms in total. The van der Waals surface area contributed by atoms with E-state index in [-0.39, 0.29) is 25.8 Å². The molecule has 0 spiro atoms. The van der Waals surface area contributed by atoms with Crippen molar-refractivity contribution in [3.05, 3.63) is 0 Å². The van der Waals surface area contributed by atoms with E-state index in [4.69, 9.17) is 15.0 Å². The zero-order valence-corrected chi connectivity index (χ0v) is 11.3. The third-order valence-electron chi connectivity index (χ3n) is 1.87. The number of hydrogen-bond acceptors (Lipinski definition) is 7. The number of rotatable bonds is 9. The molecule has 0 fully saturated rings. The molecule has 0 amide bonds. The Morgan fingerprint density at radius 2 is 2.00 bits per heavy atom. The van der Waals surface area contributed by atoms with E-state index < -0.39 is 19.6 Å². The molecule has 0 heterocycles. The summed E-state index contributed by atoms with van der Waals surface area (Å²) < 4.78 is 25.9. The summed E-state index contributed by atoms with van der Waals surface area (Å²) in [5.41, 5.74) is 5.55. The molecule has 0 aromatic rings. The highest BCUT2D eigenvalue weighted by atomic mass is 31.2. The lowest BCUT2D eigenvalue weighted by Crippen LogP contribution is -2.33. The Labute approximate surface area is 101 Å². The molecule has 0 aliphatic heterocycles. The molecule has 8 heteroatoms. The van der Waals surface area contributed by atoms with Gasteiger partial charge in [-0.25, -0.2) is 4.89 Å². The smallest absolute Gasteiger partial charge is 0.357 e. The summed E-state index contributed by atoms with van der Waals surface area (Å²) in [5.74, 6) is -0.536. The summed E-state index contributed by atoms with van der Waals surface area (Å²) in [4.78, 5) is 15.8. The quantitative estimate of drug-likeness (QED) is 0.289. The minimum atomic E-state index is -3.34. The maximum Gasteiger partial charge on any atom is 0.357 e. The fourth-order valence-corrected chi connectivity index (χ4v) is 2.13. The number of hydrogen-bond donors (Lipinski definition) is 1. The van der Waals surface area contributed by atoms with E-state index in [2.05, 4.69) is 9.56 Å². The molecule has 0 bridgehead atoms. The van der Waals surface area contributed by atoms with Gasteiger partial charge in [0.05, 0.1) is 19.4 Å². The Morgan fingerprint density at radius 1 is 1.35 bits per heavy atom. The van der Waals surface area contributed by atoms with Gasteiger partial charge in [-0.05, 0) is 20.3 Å². The van der Waals surface area contributed by atoms with Gasteiger partial charge in [0.15, 0.2) is 0 Å². The Bertz CT molecular complexity index is 272. The van der Waals surface area contributed by atoms with Crippen molar-refractivity contribution in [3.8, 4) is 0 Å². The van der Waals surface area contributed by atoms with Gasteiger partial charge in [0.2, 0.25) is 0 Å². The van der Waals surface area contributed by atoms with Crippen molar-refractivity contribution in [1.82, 2.24) is 0 Å². The van der Waals surface area contributed by atoms with E-state index in [0.29, 0.717) is 0 Å². The third-order valence-corrected chi connectivity index (χ3v) is 3.56. The SMILES string of the molecule is CCOOP(=O)(CC[C@H](N)C(=O)OCC)OC. The highest BCUT2D eigenvalue weighted by molar-refractivity contribution is 7.53. The fraction of sp³-hybridized carbons (Fsp3) is 0.889. The predicted octanol–water partition coefficient (Wildman–Crippen LogP) is 1.07. The summed E-state index contributed by atoms with van der Waals surface area (Å²) in [6, 6.07) is -0.844. The fourth-order valence-electron chi connectivity index (χ4n) is 0.956. The van der Waals surface area contributed by atoms with Gasteiger partial charge < -0.3 is 15.0 Å². The van der Waals surface area contributed by atoms with Gasteiger partial charge in [-0.2, -0.15) is 0 Å². The second-order valence-corrected chi connectivity index (χ2v) is 5.33. The average molecular weight is 269 g/mol. The van der Waals surface area contributed by atoms with Crippen LogP contribution in [0.3, 0.4) is 0 Å². The second-order valence-electron chi connectivity index (χ2n) is 3.15. The first-order chi connectivity index (χ1) is 7.99. The van der Waals surface area contributed by atoms with Crippen LogP contribution in [0.25, 0.3) is 0 Å². The van der Waals surface area contributed by atoms with Crippen LogP contribution in [0, 0.1) is 0 Å². The van der Waals surface area contributed by atoms with Crippen LogP contribution in [-0.2, 0) is 28.2 Å². The molecular weight excluding hydrogens is 249 g/mol. The first-order valence-corrected chi connectivity index (χ1v) is 7.10. The summed E-state index contributed by atoms with van der Waals surface area (Å²) >= 11 is 0. The van der Waals surface area contributed by atoms with Crippen LogP contribution >= 0.6 is 7.60 Å². The van der Waals surface area contributed by atoms with Crippen LogP contribution in [0.2, 0.25) is 0 Å². The number of nitrogens with two attached hydrogens (primary N) is 1. The Balaban J connectivity index is 4.13. The lowest BCUT2D eigenvalue weighted by Gasteiger charge is -2.16. The van der Waals surface area contributed by atoms with Crippen LogP contribution in [-0.4, -0.2) is 38.5 Å². The van der Waals surface area contributed by atoms with Gasteiger partial charge in [-0.3, -0.25) is 9.36 Å². The van der Waals surface area contributed by atoms with E-state index >= 15 is 0 Å². The van der Waals surface area contributed by atoms with Crippen LogP contribution in [0.1, 0.15) is 20.3 Å². The predicted molar refractivity (Wildman–Crippen MR) is 61.4 cm³/mol. The molecule has 0 saturated heterocycles. The number of ether oxygens (including phenoxy) is 1. The molecule has 1 unspecified atom stereocenters. The normalized spacial score (nSPS) is 16.2. The zero-order chi connectivity index (χ0) is 13.3. The van der Waals surface area contributed by atoms with Gasteiger partial charge in [-0.1, -0.05) is 0 Å². The first kappa shape index (κ1) is 16.5. The molecule has 0 radical (unpaired) electrons. The minimum absolute atomic E-state index is 0.0104. The highest BCUT2D eigenvalue weighted by Crippen LogP contribution is 2.48. The summed E-state index contributed by atoms with van der Waals surface area (Å²) in [7, 11) is -2.09. The first-order valence-electron chi connectivity index (χ1n) is 5.37. The molecule has 0 aromatic carbocycles. The van der Waals surface area contributed by atoms with E-state index in [1.54, 1.807) is 13.8 Å². The van der Waals surface area contributed by atoms with Crippen LogP contribution in [0.15, 0.2) is 0 Å². The van der Waals surface area contributed by atoms with Crippen LogP contribution < -0.4 is 5.73 Å². The van der Waals surface area contributed by atoms with Crippen LogP contribution in [0.4, 0.5) is 0 Å². The molecule has 0 aromatic heterocycles. The third kappa shape index (κ3) is 6.75. The number of carbonyl (C=O) groups excluding carboxylic acids is 1. The average Bonchev–Trinajstić information content (AvgIpc) is 2.33. The Morgan fingerprint density at radius 3 is 2.47 bits per heavy atom. The number of esters is 1. The van der Waals surface area contributed by atoms with Crippen molar-refractivity contribution in [1.29, 1.82) is 0 Å².